The lowest BCUT2D eigenvalue weighted by molar-refractivity contribution is -0.143. The standard InChI is InChI=1S/C14H23N3O3/c1-10(13(18)19)15-4-6-16(7-5-15)14(20)17-9-11-2-3-12(17)8-11/h10-12H,2-9H2,1H3,(H,18,19). The maximum Gasteiger partial charge on any atom is 0.320 e. The van der Waals surface area contributed by atoms with Gasteiger partial charge in [0, 0.05) is 38.8 Å². The number of carboxylic acid groups (broad SMARTS) is 1. The molecule has 0 aromatic carbocycles. The molecule has 20 heavy (non-hydrogen) atoms. The smallest absolute Gasteiger partial charge is 0.320 e. The van der Waals surface area contributed by atoms with Gasteiger partial charge in [0.1, 0.15) is 6.04 Å². The lowest BCUT2D eigenvalue weighted by Crippen LogP contribution is -2.56. The van der Waals surface area contributed by atoms with Crippen molar-refractivity contribution in [1.82, 2.24) is 14.7 Å². The van der Waals surface area contributed by atoms with Crippen molar-refractivity contribution < 1.29 is 14.7 Å². The molecule has 2 aliphatic heterocycles. The number of piperidine rings is 1. The Kier molecular flexibility index (Phi) is 3.58. The highest BCUT2D eigenvalue weighted by molar-refractivity contribution is 5.76. The van der Waals surface area contributed by atoms with Gasteiger partial charge in [-0.3, -0.25) is 9.69 Å². The van der Waals surface area contributed by atoms with Crippen molar-refractivity contribution in [3.05, 3.63) is 0 Å². The Balaban J connectivity index is 1.53. The molecule has 0 radical (unpaired) electrons. The SMILES string of the molecule is CC(C(=O)O)N1CCN(C(=O)N2CC3CCC2C3)CC1. The summed E-state index contributed by atoms with van der Waals surface area (Å²) < 4.78 is 0. The van der Waals surface area contributed by atoms with E-state index < -0.39 is 12.0 Å². The maximum atomic E-state index is 12.5. The summed E-state index contributed by atoms with van der Waals surface area (Å²) in [4.78, 5) is 29.4. The predicted molar refractivity (Wildman–Crippen MR) is 73.5 cm³/mol. The van der Waals surface area contributed by atoms with Crippen LogP contribution in [-0.2, 0) is 4.79 Å². The van der Waals surface area contributed by atoms with E-state index in [1.807, 2.05) is 14.7 Å². The van der Waals surface area contributed by atoms with Crippen LogP contribution in [0, 0.1) is 5.92 Å². The topological polar surface area (TPSA) is 64.1 Å². The number of hydrogen-bond acceptors (Lipinski definition) is 3. The highest BCUT2D eigenvalue weighted by atomic mass is 16.4. The van der Waals surface area contributed by atoms with Crippen LogP contribution in [0.15, 0.2) is 0 Å². The average molecular weight is 281 g/mol. The summed E-state index contributed by atoms with van der Waals surface area (Å²) in [5.74, 6) is -0.0705. The molecule has 6 heteroatoms. The number of nitrogens with zero attached hydrogens (tertiary/aromatic N) is 3. The predicted octanol–water partition coefficient (Wildman–Crippen LogP) is 0.681. The number of aliphatic carboxylic acids is 1. The van der Waals surface area contributed by atoms with Gasteiger partial charge in [-0.2, -0.15) is 0 Å². The van der Waals surface area contributed by atoms with Crippen LogP contribution in [0.25, 0.3) is 0 Å². The molecule has 2 heterocycles. The minimum atomic E-state index is -0.790. The Morgan fingerprint density at radius 3 is 2.35 bits per heavy atom. The van der Waals surface area contributed by atoms with Crippen molar-refractivity contribution in [2.45, 2.75) is 38.3 Å². The number of urea groups is 1. The maximum absolute atomic E-state index is 12.5. The molecule has 3 atom stereocenters. The summed E-state index contributed by atoms with van der Waals surface area (Å²) in [6, 6.07) is 0.165. The molecule has 2 bridgehead atoms. The minimum Gasteiger partial charge on any atom is -0.480 e. The summed E-state index contributed by atoms with van der Waals surface area (Å²) in [5.41, 5.74) is 0. The molecule has 2 saturated heterocycles. The van der Waals surface area contributed by atoms with Crippen molar-refractivity contribution in [3.8, 4) is 0 Å². The van der Waals surface area contributed by atoms with E-state index >= 15 is 0 Å². The molecule has 1 aliphatic carbocycles. The fourth-order valence-corrected chi connectivity index (χ4v) is 3.80. The molecular formula is C14H23N3O3. The molecule has 3 aliphatic rings. The van der Waals surface area contributed by atoms with E-state index in [4.69, 9.17) is 5.11 Å². The number of rotatable bonds is 2. The van der Waals surface area contributed by atoms with E-state index in [1.54, 1.807) is 6.92 Å². The molecule has 2 amide bonds. The minimum absolute atomic E-state index is 0.167. The summed E-state index contributed by atoms with van der Waals surface area (Å²) in [5, 5.41) is 9.02. The van der Waals surface area contributed by atoms with Crippen LogP contribution in [0.1, 0.15) is 26.2 Å². The van der Waals surface area contributed by atoms with E-state index in [2.05, 4.69) is 0 Å². The van der Waals surface area contributed by atoms with Gasteiger partial charge in [-0.1, -0.05) is 0 Å². The average Bonchev–Trinajstić information content (AvgIpc) is 3.08. The first-order chi connectivity index (χ1) is 9.56. The third-order valence-corrected chi connectivity index (χ3v) is 5.14. The number of hydrogen-bond donors (Lipinski definition) is 1. The normalized spacial score (nSPS) is 31.6. The number of piperazine rings is 1. The molecule has 0 spiro atoms. The summed E-state index contributed by atoms with van der Waals surface area (Å²) in [6.07, 6.45) is 3.62. The van der Waals surface area contributed by atoms with Crippen molar-refractivity contribution in [2.75, 3.05) is 32.7 Å². The largest absolute Gasteiger partial charge is 0.480 e. The molecule has 1 N–H and O–H groups in total. The Morgan fingerprint density at radius 1 is 1.15 bits per heavy atom. The molecule has 3 fully saturated rings. The molecule has 3 rings (SSSR count). The molecule has 112 valence electrons. The first-order valence-corrected chi connectivity index (χ1v) is 7.58. The molecule has 6 nitrogen and oxygen atoms in total. The number of carboxylic acids is 1. The molecule has 0 aromatic heterocycles. The van der Waals surface area contributed by atoms with Crippen molar-refractivity contribution in [2.24, 2.45) is 5.92 Å². The summed E-state index contributed by atoms with van der Waals surface area (Å²) in [6.45, 7) is 5.23. The van der Waals surface area contributed by atoms with Gasteiger partial charge in [-0.25, -0.2) is 4.79 Å². The van der Waals surface area contributed by atoms with Gasteiger partial charge in [0.05, 0.1) is 0 Å². The first kappa shape index (κ1) is 13.7. The van der Waals surface area contributed by atoms with Crippen LogP contribution in [0.3, 0.4) is 0 Å². The van der Waals surface area contributed by atoms with Crippen LogP contribution in [-0.4, -0.2) is 76.6 Å². The lowest BCUT2D eigenvalue weighted by atomic mass is 10.1. The zero-order valence-corrected chi connectivity index (χ0v) is 12.0. The third kappa shape index (κ3) is 2.37. The van der Waals surface area contributed by atoms with Gasteiger partial charge in [0.2, 0.25) is 0 Å². The molecule has 0 aromatic rings. The number of likely N-dealkylation sites (tertiary alicyclic amines) is 1. The summed E-state index contributed by atoms with van der Waals surface area (Å²) in [7, 11) is 0. The molecule has 1 saturated carbocycles. The number of amides is 2. The van der Waals surface area contributed by atoms with Crippen LogP contribution in [0.5, 0.6) is 0 Å². The number of carbonyl (C=O) groups excluding carboxylic acids is 1. The number of carbonyl (C=O) groups is 2. The second-order valence-corrected chi connectivity index (χ2v) is 6.31. The van der Waals surface area contributed by atoms with Gasteiger partial charge < -0.3 is 14.9 Å². The van der Waals surface area contributed by atoms with Crippen molar-refractivity contribution in [3.63, 3.8) is 0 Å². The second-order valence-electron chi connectivity index (χ2n) is 6.31. The van der Waals surface area contributed by atoms with Gasteiger partial charge in [-0.05, 0) is 32.1 Å². The van der Waals surface area contributed by atoms with Crippen molar-refractivity contribution in [1.29, 1.82) is 0 Å². The lowest BCUT2D eigenvalue weighted by Gasteiger charge is -2.39. The van der Waals surface area contributed by atoms with Gasteiger partial charge in [0.25, 0.3) is 0 Å². The van der Waals surface area contributed by atoms with Crippen molar-refractivity contribution >= 4 is 12.0 Å². The van der Waals surface area contributed by atoms with Crippen LogP contribution in [0.2, 0.25) is 0 Å². The highest BCUT2D eigenvalue weighted by Gasteiger charge is 2.42. The Morgan fingerprint density at radius 2 is 1.85 bits per heavy atom. The van der Waals surface area contributed by atoms with E-state index in [-0.39, 0.29) is 6.03 Å². The Hall–Kier alpha value is -1.30. The van der Waals surface area contributed by atoms with Crippen LogP contribution < -0.4 is 0 Å². The highest BCUT2D eigenvalue weighted by Crippen LogP contribution is 2.37. The van der Waals surface area contributed by atoms with Crippen LogP contribution >= 0.6 is 0 Å². The molecule has 3 unspecified atom stereocenters. The van der Waals surface area contributed by atoms with Gasteiger partial charge in [0.15, 0.2) is 0 Å². The zero-order valence-electron chi connectivity index (χ0n) is 12.0. The van der Waals surface area contributed by atoms with E-state index in [9.17, 15) is 9.59 Å². The monoisotopic (exact) mass is 281 g/mol. The molecular weight excluding hydrogens is 258 g/mol. The second kappa shape index (κ2) is 5.24. The fraction of sp³-hybridized carbons (Fsp3) is 0.857. The third-order valence-electron chi connectivity index (χ3n) is 5.14. The van der Waals surface area contributed by atoms with Crippen LogP contribution in [0.4, 0.5) is 4.79 Å². The van der Waals surface area contributed by atoms with E-state index in [0.29, 0.717) is 32.2 Å². The van der Waals surface area contributed by atoms with E-state index in [0.717, 1.165) is 18.9 Å². The Bertz CT molecular complexity index is 406. The van der Waals surface area contributed by atoms with Gasteiger partial charge in [-0.15, -0.1) is 0 Å². The quantitative estimate of drug-likeness (QED) is 0.808. The van der Waals surface area contributed by atoms with Gasteiger partial charge >= 0.3 is 12.0 Å². The number of fused-ring (bicyclic) bond motifs is 2. The Labute approximate surface area is 119 Å². The van der Waals surface area contributed by atoms with E-state index in [1.165, 1.54) is 12.8 Å². The first-order valence-electron chi connectivity index (χ1n) is 7.58. The zero-order chi connectivity index (χ0) is 14.3. The summed E-state index contributed by atoms with van der Waals surface area (Å²) >= 11 is 0. The fourth-order valence-electron chi connectivity index (χ4n) is 3.80.